The minimum Gasteiger partial charge on any atom is -0.325 e. The van der Waals surface area contributed by atoms with E-state index in [9.17, 15) is 4.79 Å². The van der Waals surface area contributed by atoms with Gasteiger partial charge in [0.15, 0.2) is 11.5 Å². The van der Waals surface area contributed by atoms with Gasteiger partial charge in [-0.05, 0) is 25.5 Å². The molecule has 6 heteroatoms. The zero-order valence-corrected chi connectivity index (χ0v) is 16.7. The third-order valence-electron chi connectivity index (χ3n) is 5.48. The molecule has 6 nitrogen and oxygen atoms in total. The maximum absolute atomic E-state index is 12.2. The minimum absolute atomic E-state index is 0.000359. The number of rotatable bonds is 3. The molecule has 1 aliphatic heterocycles. The first-order valence-electron chi connectivity index (χ1n) is 9.37. The van der Waals surface area contributed by atoms with E-state index >= 15 is 0 Å². The molecule has 0 radical (unpaired) electrons. The van der Waals surface area contributed by atoms with Crippen molar-refractivity contribution >= 4 is 17.2 Å². The van der Waals surface area contributed by atoms with Gasteiger partial charge in [-0.25, -0.2) is 4.85 Å². The summed E-state index contributed by atoms with van der Waals surface area (Å²) in [6.45, 7) is 12.1. The van der Waals surface area contributed by atoms with Gasteiger partial charge in [0.25, 0.3) is 0 Å². The lowest BCUT2D eigenvalue weighted by molar-refractivity contribution is 0.1000. The van der Waals surface area contributed by atoms with E-state index < -0.39 is 0 Å². The molecule has 0 bridgehead atoms. The fraction of sp³-hybridized carbons (Fsp3) is 0.217. The molecule has 0 saturated carbocycles. The molecular formula is C23H21N5O. The number of ketones is 1. The molecular weight excluding hydrogens is 362 g/mol. The van der Waals surface area contributed by atoms with E-state index in [-0.39, 0.29) is 18.9 Å². The number of carbonyl (C=O) groups is 1. The Morgan fingerprint density at radius 2 is 1.86 bits per heavy atom. The lowest BCUT2D eigenvalue weighted by Gasteiger charge is -2.17. The summed E-state index contributed by atoms with van der Waals surface area (Å²) in [6, 6.07) is 9.67. The number of aliphatic imine (C=N–C) groups is 1. The first-order chi connectivity index (χ1) is 13.9. The summed E-state index contributed by atoms with van der Waals surface area (Å²) < 4.78 is 1.79. The van der Waals surface area contributed by atoms with Crippen molar-refractivity contribution in [2.75, 3.05) is 13.1 Å². The van der Waals surface area contributed by atoms with E-state index in [0.29, 0.717) is 11.3 Å². The molecule has 29 heavy (non-hydrogen) atoms. The van der Waals surface area contributed by atoms with Crippen LogP contribution in [0.2, 0.25) is 0 Å². The summed E-state index contributed by atoms with van der Waals surface area (Å²) in [7, 11) is 1.87. The molecule has 0 aliphatic carbocycles. The molecule has 0 saturated heterocycles. The predicted octanol–water partition coefficient (Wildman–Crippen LogP) is 3.87. The van der Waals surface area contributed by atoms with E-state index in [1.165, 1.54) is 0 Å². The van der Waals surface area contributed by atoms with Crippen LogP contribution in [0, 0.1) is 20.4 Å². The highest BCUT2D eigenvalue weighted by Crippen LogP contribution is 2.39. The number of hydrogen-bond donors (Lipinski definition) is 1. The van der Waals surface area contributed by atoms with E-state index in [0.717, 1.165) is 44.8 Å². The second-order valence-corrected chi connectivity index (χ2v) is 7.25. The number of fused-ring (bicyclic) bond motifs is 1. The van der Waals surface area contributed by atoms with Gasteiger partial charge in [-0.2, -0.15) is 5.10 Å². The van der Waals surface area contributed by atoms with Crippen LogP contribution in [-0.4, -0.2) is 34.4 Å². The fourth-order valence-corrected chi connectivity index (χ4v) is 3.76. The van der Waals surface area contributed by atoms with Crippen LogP contribution in [0.4, 0.5) is 5.69 Å². The van der Waals surface area contributed by atoms with Gasteiger partial charge in [-0.3, -0.25) is 14.5 Å². The van der Waals surface area contributed by atoms with E-state index in [4.69, 9.17) is 12.3 Å². The molecule has 0 fully saturated rings. The number of hydrogen-bond acceptors (Lipinski definition) is 4. The fourth-order valence-electron chi connectivity index (χ4n) is 3.76. The molecule has 4 rings (SSSR count). The van der Waals surface area contributed by atoms with Gasteiger partial charge >= 0.3 is 0 Å². The normalized spacial score (nSPS) is 13.1. The second kappa shape index (κ2) is 7.12. The van der Waals surface area contributed by atoms with Crippen molar-refractivity contribution in [3.05, 3.63) is 70.2 Å². The number of Topliss-reactive ketones (excluding diaryl/α,β-unsaturated/α-hetero) is 1. The van der Waals surface area contributed by atoms with Gasteiger partial charge in [-0.1, -0.05) is 35.4 Å². The second-order valence-electron chi connectivity index (χ2n) is 7.25. The van der Waals surface area contributed by atoms with E-state index in [2.05, 4.69) is 14.9 Å². The third kappa shape index (κ3) is 3.06. The highest BCUT2D eigenvalue weighted by molar-refractivity contribution is 6.16. The Labute approximate surface area is 169 Å². The summed E-state index contributed by atoms with van der Waals surface area (Å²) in [5.41, 5.74) is 14.3. The summed E-state index contributed by atoms with van der Waals surface area (Å²) in [4.78, 5) is 20.3. The van der Waals surface area contributed by atoms with E-state index in [1.807, 2.05) is 51.2 Å². The number of benzene rings is 2. The van der Waals surface area contributed by atoms with E-state index in [1.54, 1.807) is 10.9 Å². The molecule has 3 aromatic rings. The SMILES string of the molecule is [C-]#[N+]c1cc(C)c(C)cc1-c1c(-c2ccc3c(c2)C(CN)=NCC3=O)cnn1C. The summed E-state index contributed by atoms with van der Waals surface area (Å²) in [5, 5.41) is 4.45. The predicted molar refractivity (Wildman–Crippen MR) is 115 cm³/mol. The maximum Gasteiger partial charge on any atom is 0.196 e. The van der Waals surface area contributed by atoms with Gasteiger partial charge < -0.3 is 5.73 Å². The van der Waals surface area contributed by atoms with Crippen molar-refractivity contribution in [2.45, 2.75) is 13.8 Å². The molecule has 0 atom stereocenters. The van der Waals surface area contributed by atoms with Gasteiger partial charge in [0.1, 0.15) is 6.54 Å². The van der Waals surface area contributed by atoms with Crippen molar-refractivity contribution in [3.63, 3.8) is 0 Å². The van der Waals surface area contributed by atoms with Crippen LogP contribution in [0.5, 0.6) is 0 Å². The largest absolute Gasteiger partial charge is 0.325 e. The third-order valence-corrected chi connectivity index (χ3v) is 5.48. The Bertz CT molecular complexity index is 1230. The van der Waals surface area contributed by atoms with Crippen LogP contribution >= 0.6 is 0 Å². The molecule has 0 unspecified atom stereocenters. The maximum atomic E-state index is 12.2. The number of aryl methyl sites for hydroxylation is 3. The average molecular weight is 383 g/mol. The van der Waals surface area contributed by atoms with Crippen molar-refractivity contribution in [2.24, 2.45) is 17.8 Å². The summed E-state index contributed by atoms with van der Waals surface area (Å²) >= 11 is 0. The summed E-state index contributed by atoms with van der Waals surface area (Å²) in [6.07, 6.45) is 1.80. The molecule has 0 amide bonds. The number of nitrogens with two attached hydrogens (primary N) is 1. The van der Waals surface area contributed by atoms with Crippen molar-refractivity contribution in [1.82, 2.24) is 9.78 Å². The lowest BCUT2D eigenvalue weighted by atomic mass is 9.91. The molecule has 2 N–H and O–H groups in total. The molecule has 144 valence electrons. The van der Waals surface area contributed by atoms with Gasteiger partial charge in [-0.15, -0.1) is 0 Å². The molecule has 1 aliphatic rings. The lowest BCUT2D eigenvalue weighted by Crippen LogP contribution is -2.24. The Hall–Kier alpha value is -3.56. The molecule has 2 aromatic carbocycles. The minimum atomic E-state index is -0.000359. The van der Waals surface area contributed by atoms with Crippen LogP contribution in [0.1, 0.15) is 27.0 Å². The first kappa shape index (κ1) is 18.8. The highest BCUT2D eigenvalue weighted by atomic mass is 16.1. The first-order valence-corrected chi connectivity index (χ1v) is 9.37. The summed E-state index contributed by atoms with van der Waals surface area (Å²) in [5.74, 6) is -0.000359. The standard InChI is InChI=1S/C23H21N5O/c1-13-7-18(20(25-3)8-14(13)2)23-19(11-27-28(23)4)15-5-6-16-17(9-15)21(10-24)26-12-22(16)29/h5-9,11H,10,12,24H2,1-2,4H3. The highest BCUT2D eigenvalue weighted by Gasteiger charge is 2.22. The zero-order valence-electron chi connectivity index (χ0n) is 16.7. The topological polar surface area (TPSA) is 77.6 Å². The van der Waals surface area contributed by atoms with Crippen LogP contribution in [0.3, 0.4) is 0 Å². The molecule has 0 spiro atoms. The quantitative estimate of drug-likeness (QED) is 0.698. The Kier molecular flexibility index (Phi) is 4.61. The van der Waals surface area contributed by atoms with Crippen LogP contribution < -0.4 is 5.73 Å². The van der Waals surface area contributed by atoms with Crippen LogP contribution in [0.25, 0.3) is 27.2 Å². The van der Waals surface area contributed by atoms with Crippen molar-refractivity contribution in [1.29, 1.82) is 0 Å². The number of nitrogens with zero attached hydrogens (tertiary/aromatic N) is 4. The smallest absolute Gasteiger partial charge is 0.196 e. The van der Waals surface area contributed by atoms with Crippen LogP contribution in [0.15, 0.2) is 41.5 Å². The van der Waals surface area contributed by atoms with Crippen LogP contribution in [-0.2, 0) is 7.05 Å². The number of carbonyl (C=O) groups excluding carboxylic acids is 1. The van der Waals surface area contributed by atoms with Crippen molar-refractivity contribution < 1.29 is 4.79 Å². The Balaban J connectivity index is 1.93. The Morgan fingerprint density at radius 1 is 1.10 bits per heavy atom. The van der Waals surface area contributed by atoms with Gasteiger partial charge in [0, 0.05) is 35.8 Å². The molecule has 1 aromatic heterocycles. The van der Waals surface area contributed by atoms with Gasteiger partial charge in [0.2, 0.25) is 0 Å². The zero-order chi connectivity index (χ0) is 20.7. The monoisotopic (exact) mass is 383 g/mol. The van der Waals surface area contributed by atoms with Crippen molar-refractivity contribution in [3.8, 4) is 22.4 Å². The average Bonchev–Trinajstić information content (AvgIpc) is 3.11. The van der Waals surface area contributed by atoms with Gasteiger partial charge in [0.05, 0.1) is 24.2 Å². The Morgan fingerprint density at radius 3 is 2.59 bits per heavy atom. The molecule has 2 heterocycles. The number of aromatic nitrogens is 2.